The number of aryl methyl sites for hydroxylation is 1. The number of benzene rings is 2. The van der Waals surface area contributed by atoms with Crippen molar-refractivity contribution in [3.05, 3.63) is 81.9 Å². The average Bonchev–Trinajstić information content (AvgIpc) is 3.80. The van der Waals surface area contributed by atoms with E-state index in [-0.39, 0.29) is 45.2 Å². The van der Waals surface area contributed by atoms with Crippen molar-refractivity contribution >= 4 is 16.9 Å². The summed E-state index contributed by atoms with van der Waals surface area (Å²) in [6, 6.07) is 15.1. The maximum absolute atomic E-state index is 12.7. The standard InChI is InChI=1S/C24H27N3O4.C8H17N2OS.Y/c1-27-21(12-20(26-27)18-10-11-18)24(29)25-13-19-4-3-5-22(23(19)30-2)31-15-17-8-6-16(14-28)7-9-17;1-8(2)7-12(11)10-5-3-9-4-6-10;/h3-9,12,18,28H,10-11,13-15H2,1-2H3,(H,25,29);8H,3-7H2,1-2H3;/q;-1;. The van der Waals surface area contributed by atoms with Gasteiger partial charge in [-0.05, 0) is 55.1 Å². The number of aliphatic hydroxyl groups is 1. The molecule has 10 nitrogen and oxygen atoms in total. The summed E-state index contributed by atoms with van der Waals surface area (Å²) in [4.78, 5) is 12.7. The maximum Gasteiger partial charge on any atom is 0.269 e. The Labute approximate surface area is 288 Å². The molecule has 1 saturated carbocycles. The van der Waals surface area contributed by atoms with Gasteiger partial charge >= 0.3 is 0 Å². The molecule has 2 aliphatic rings. The smallest absolute Gasteiger partial charge is 0.269 e. The molecule has 3 aromatic rings. The first kappa shape index (κ1) is 36.3. The van der Waals surface area contributed by atoms with Crippen molar-refractivity contribution in [1.82, 2.24) is 19.4 Å². The Morgan fingerprint density at radius 3 is 2.43 bits per heavy atom. The average molecular weight is 700 g/mol. The molecule has 1 aromatic heterocycles. The number of hydrogen-bond acceptors (Lipinski definition) is 6. The summed E-state index contributed by atoms with van der Waals surface area (Å²) in [7, 11) is 2.62. The Morgan fingerprint density at radius 2 is 1.82 bits per heavy atom. The SMILES string of the molecule is CC(C)CS(=O)N1CC[N-]CC1.COc1c(CNC(=O)c2cc(C3CC3)nn2C)cccc1OCc1ccc(CO)cc1.[Y]. The number of methoxy groups -OCH3 is 1. The van der Waals surface area contributed by atoms with Crippen molar-refractivity contribution in [3.8, 4) is 11.5 Å². The molecule has 1 unspecified atom stereocenters. The van der Waals surface area contributed by atoms with Gasteiger partial charge in [0, 0.05) is 63.5 Å². The number of amides is 1. The first-order valence-corrected chi connectivity index (χ1v) is 16.1. The normalized spacial score (nSPS) is 15.5. The van der Waals surface area contributed by atoms with E-state index in [1.807, 2.05) is 52.8 Å². The Hall–Kier alpha value is -2.15. The van der Waals surface area contributed by atoms with E-state index in [4.69, 9.17) is 14.6 Å². The second-order valence-electron chi connectivity index (χ2n) is 11.2. The Bertz CT molecular complexity index is 1360. The number of piperazine rings is 1. The van der Waals surface area contributed by atoms with Crippen LogP contribution < -0.4 is 14.8 Å². The molecule has 1 aliphatic carbocycles. The summed E-state index contributed by atoms with van der Waals surface area (Å²) in [5.41, 5.74) is 4.22. The van der Waals surface area contributed by atoms with Crippen LogP contribution in [0.2, 0.25) is 0 Å². The Morgan fingerprint density at radius 1 is 1.14 bits per heavy atom. The van der Waals surface area contributed by atoms with Crippen molar-refractivity contribution in [2.75, 3.05) is 39.0 Å². The molecule has 2 heterocycles. The molecule has 1 amide bonds. The first-order valence-electron chi connectivity index (χ1n) is 14.8. The monoisotopic (exact) mass is 699 g/mol. The van der Waals surface area contributed by atoms with Gasteiger partial charge in [0.05, 0.1) is 30.4 Å². The molecule has 2 aromatic carbocycles. The molecule has 1 aliphatic heterocycles. The van der Waals surface area contributed by atoms with Crippen LogP contribution in [0.3, 0.4) is 0 Å². The minimum atomic E-state index is -0.763. The number of rotatable bonds is 12. The number of aromatic nitrogens is 2. The predicted molar refractivity (Wildman–Crippen MR) is 169 cm³/mol. The summed E-state index contributed by atoms with van der Waals surface area (Å²) < 4.78 is 26.8. The van der Waals surface area contributed by atoms with Gasteiger partial charge in [-0.1, -0.05) is 50.2 Å². The number of carbonyl (C=O) groups excluding carboxylic acids is 1. The molecule has 1 atom stereocenters. The van der Waals surface area contributed by atoms with Crippen LogP contribution >= 0.6 is 0 Å². The Balaban J connectivity index is 0.000000344. The van der Waals surface area contributed by atoms with E-state index >= 15 is 0 Å². The Kier molecular flexibility index (Phi) is 15.0. The molecule has 0 bridgehead atoms. The van der Waals surface area contributed by atoms with Crippen LogP contribution in [0.5, 0.6) is 11.5 Å². The number of ether oxygens (including phenoxy) is 2. The third-order valence-electron chi connectivity index (χ3n) is 7.21. The number of aliphatic hydroxyl groups excluding tert-OH is 1. The largest absolute Gasteiger partial charge is 0.660 e. The van der Waals surface area contributed by atoms with E-state index in [9.17, 15) is 9.00 Å². The fraction of sp³-hybridized carbons (Fsp3) is 0.500. The summed E-state index contributed by atoms with van der Waals surface area (Å²) in [5, 5.41) is 20.8. The van der Waals surface area contributed by atoms with E-state index < -0.39 is 11.0 Å². The molecular weight excluding hydrogens is 655 g/mol. The van der Waals surface area contributed by atoms with Crippen molar-refractivity contribution in [2.45, 2.75) is 52.4 Å². The quantitative estimate of drug-likeness (QED) is 0.291. The summed E-state index contributed by atoms with van der Waals surface area (Å²) in [6.07, 6.45) is 2.29. The van der Waals surface area contributed by atoms with Crippen LogP contribution in [0.15, 0.2) is 48.5 Å². The van der Waals surface area contributed by atoms with Gasteiger partial charge in [-0.15, -0.1) is 13.1 Å². The summed E-state index contributed by atoms with van der Waals surface area (Å²) in [6.45, 7) is 8.36. The third kappa shape index (κ3) is 10.7. The second-order valence-corrected chi connectivity index (χ2v) is 12.7. The predicted octanol–water partition coefficient (Wildman–Crippen LogP) is 4.30. The molecule has 0 spiro atoms. The number of carbonyl (C=O) groups is 1. The van der Waals surface area contributed by atoms with E-state index in [2.05, 4.69) is 29.6 Å². The molecule has 44 heavy (non-hydrogen) atoms. The molecule has 2 fully saturated rings. The van der Waals surface area contributed by atoms with Crippen LogP contribution in [0.1, 0.15) is 65.5 Å². The van der Waals surface area contributed by atoms with Crippen molar-refractivity contribution < 1.29 is 56.3 Å². The molecule has 12 heteroatoms. The molecule has 2 N–H and O–H groups in total. The molecule has 1 radical (unpaired) electrons. The van der Waals surface area contributed by atoms with E-state index in [1.54, 1.807) is 18.8 Å². The van der Waals surface area contributed by atoms with Crippen molar-refractivity contribution in [3.63, 3.8) is 0 Å². The zero-order valence-corrected chi connectivity index (χ0v) is 29.9. The maximum atomic E-state index is 12.7. The van der Waals surface area contributed by atoms with Gasteiger partial charge in [0.2, 0.25) is 0 Å². The zero-order valence-electron chi connectivity index (χ0n) is 26.2. The second kappa shape index (κ2) is 18.1. The van der Waals surface area contributed by atoms with Crippen LogP contribution in [-0.4, -0.2) is 68.3 Å². The number of nitrogens with zero attached hydrogens (tertiary/aromatic N) is 4. The number of hydrogen-bond donors (Lipinski definition) is 2. The van der Waals surface area contributed by atoms with Gasteiger partial charge < -0.3 is 25.2 Å². The van der Waals surface area contributed by atoms with E-state index in [0.717, 1.165) is 67.2 Å². The van der Waals surface area contributed by atoms with Gasteiger partial charge in [-0.25, -0.2) is 8.51 Å². The van der Waals surface area contributed by atoms with Gasteiger partial charge in [-0.3, -0.25) is 9.48 Å². The first-order chi connectivity index (χ1) is 20.8. The van der Waals surface area contributed by atoms with Crippen LogP contribution in [0.25, 0.3) is 5.32 Å². The van der Waals surface area contributed by atoms with Gasteiger partial charge in [0.1, 0.15) is 12.3 Å². The topological polar surface area (TPSA) is 120 Å². The van der Waals surface area contributed by atoms with Crippen LogP contribution in [0.4, 0.5) is 0 Å². The fourth-order valence-corrected chi connectivity index (χ4v) is 6.03. The minimum Gasteiger partial charge on any atom is -0.660 e. The van der Waals surface area contributed by atoms with Gasteiger partial charge in [0.15, 0.2) is 11.5 Å². The third-order valence-corrected chi connectivity index (χ3v) is 9.10. The molecular formula is C32H44N5O5SY-. The fourth-order valence-electron chi connectivity index (χ4n) is 4.68. The summed E-state index contributed by atoms with van der Waals surface area (Å²) >= 11 is 0. The molecule has 237 valence electrons. The summed E-state index contributed by atoms with van der Waals surface area (Å²) in [5.74, 6) is 2.85. The molecule has 5 rings (SSSR count). The number of para-hydroxylation sites is 1. The zero-order chi connectivity index (χ0) is 30.8. The molecule has 1 saturated heterocycles. The van der Waals surface area contributed by atoms with Crippen LogP contribution in [-0.2, 0) is 70.5 Å². The van der Waals surface area contributed by atoms with E-state index in [0.29, 0.717) is 42.2 Å². The number of nitrogens with one attached hydrogen (secondary N) is 1. The van der Waals surface area contributed by atoms with Gasteiger partial charge in [0.25, 0.3) is 5.91 Å². The van der Waals surface area contributed by atoms with Crippen LogP contribution in [0, 0.1) is 5.92 Å². The minimum absolute atomic E-state index is 0. The van der Waals surface area contributed by atoms with Crippen molar-refractivity contribution in [2.24, 2.45) is 13.0 Å². The van der Waals surface area contributed by atoms with Gasteiger partial charge in [-0.2, -0.15) is 5.10 Å². The van der Waals surface area contributed by atoms with Crippen molar-refractivity contribution in [1.29, 1.82) is 0 Å². The van der Waals surface area contributed by atoms with E-state index in [1.165, 1.54) is 0 Å².